The zero-order valence-corrected chi connectivity index (χ0v) is 7.29. The van der Waals surface area contributed by atoms with Crippen LogP contribution >= 0.6 is 0 Å². The monoisotopic (exact) mass is 165 g/mol. The molecule has 2 bridgehead atoms. The summed E-state index contributed by atoms with van der Waals surface area (Å²) in [5.74, 6) is 1.24. The average molecular weight is 165 g/mol. The van der Waals surface area contributed by atoms with Gasteiger partial charge in [0.25, 0.3) is 0 Å². The van der Waals surface area contributed by atoms with Crippen LogP contribution in [0.5, 0.6) is 0 Å². The Morgan fingerprint density at radius 3 is 3.00 bits per heavy atom. The Hall–Kier alpha value is -0.550. The molecule has 2 fully saturated rings. The lowest BCUT2D eigenvalue weighted by Gasteiger charge is -2.31. The molecule has 2 aliphatic carbocycles. The van der Waals surface area contributed by atoms with Crippen molar-refractivity contribution in [1.29, 1.82) is 5.26 Å². The van der Waals surface area contributed by atoms with E-state index in [0.717, 1.165) is 12.3 Å². The predicted molar refractivity (Wildman–Crippen MR) is 45.2 cm³/mol. The maximum atomic E-state index is 9.17. The lowest BCUT2D eigenvalue weighted by Crippen LogP contribution is -2.27. The number of nitriles is 1. The normalized spacial score (nSPS) is 44.7. The number of hydrogen-bond donors (Lipinski definition) is 1. The summed E-state index contributed by atoms with van der Waals surface area (Å²) < 4.78 is 0. The van der Waals surface area contributed by atoms with Crippen LogP contribution in [0.2, 0.25) is 0 Å². The zero-order chi connectivity index (χ0) is 8.60. The van der Waals surface area contributed by atoms with Gasteiger partial charge in [-0.15, -0.1) is 0 Å². The van der Waals surface area contributed by atoms with Crippen molar-refractivity contribution in [3.63, 3.8) is 0 Å². The predicted octanol–water partition coefficient (Wildman–Crippen LogP) is 1.70. The van der Waals surface area contributed by atoms with E-state index in [2.05, 4.69) is 6.07 Å². The van der Waals surface area contributed by atoms with E-state index in [0.29, 0.717) is 12.3 Å². The minimum Gasteiger partial charge on any atom is -0.396 e. The van der Waals surface area contributed by atoms with Gasteiger partial charge in [-0.3, -0.25) is 0 Å². The van der Waals surface area contributed by atoms with Crippen LogP contribution in [0.4, 0.5) is 0 Å². The van der Waals surface area contributed by atoms with E-state index in [1.54, 1.807) is 0 Å². The summed E-state index contributed by atoms with van der Waals surface area (Å²) in [6, 6.07) is 2.28. The first-order valence-corrected chi connectivity index (χ1v) is 4.78. The molecule has 0 amide bonds. The molecule has 2 heteroatoms. The molecule has 0 radical (unpaired) electrons. The van der Waals surface area contributed by atoms with Crippen molar-refractivity contribution < 1.29 is 5.11 Å². The summed E-state index contributed by atoms with van der Waals surface area (Å²) >= 11 is 0. The molecule has 2 rings (SSSR count). The molecule has 0 saturated heterocycles. The SMILES string of the molecule is N#CC[C@@]12CC[C@H](CC1CO)C2. The van der Waals surface area contributed by atoms with Gasteiger partial charge in [-0.2, -0.15) is 5.26 Å². The quantitative estimate of drug-likeness (QED) is 0.676. The fraction of sp³-hybridized carbons (Fsp3) is 0.900. The molecule has 0 heterocycles. The van der Waals surface area contributed by atoms with Gasteiger partial charge >= 0.3 is 0 Å². The molecule has 0 aromatic heterocycles. The van der Waals surface area contributed by atoms with Crippen molar-refractivity contribution in [2.75, 3.05) is 6.61 Å². The highest BCUT2D eigenvalue weighted by atomic mass is 16.3. The van der Waals surface area contributed by atoms with E-state index in [1.807, 2.05) is 0 Å². The van der Waals surface area contributed by atoms with Crippen LogP contribution in [0.3, 0.4) is 0 Å². The lowest BCUT2D eigenvalue weighted by molar-refractivity contribution is 0.107. The van der Waals surface area contributed by atoms with Gasteiger partial charge in [-0.25, -0.2) is 0 Å². The molecule has 2 saturated carbocycles. The fourth-order valence-electron chi connectivity index (χ4n) is 3.23. The van der Waals surface area contributed by atoms with E-state index >= 15 is 0 Å². The Morgan fingerprint density at radius 1 is 1.58 bits per heavy atom. The fourth-order valence-corrected chi connectivity index (χ4v) is 3.23. The van der Waals surface area contributed by atoms with E-state index in [9.17, 15) is 5.11 Å². The topological polar surface area (TPSA) is 44.0 Å². The second kappa shape index (κ2) is 2.74. The zero-order valence-electron chi connectivity index (χ0n) is 7.29. The van der Waals surface area contributed by atoms with E-state index < -0.39 is 0 Å². The number of fused-ring (bicyclic) bond motifs is 2. The molecule has 1 unspecified atom stereocenters. The van der Waals surface area contributed by atoms with E-state index in [4.69, 9.17) is 5.26 Å². The van der Waals surface area contributed by atoms with Crippen LogP contribution in [0.1, 0.15) is 32.1 Å². The van der Waals surface area contributed by atoms with Crippen LogP contribution < -0.4 is 0 Å². The standard InChI is InChI=1S/C10H15NO/c11-4-3-10-2-1-8(6-10)5-9(10)7-12/h8-9,12H,1-3,5-7H2/t8-,9?,10-/m1/s1. The van der Waals surface area contributed by atoms with E-state index in [1.165, 1.54) is 19.3 Å². The van der Waals surface area contributed by atoms with Gasteiger partial charge in [-0.1, -0.05) is 0 Å². The van der Waals surface area contributed by atoms with Crippen LogP contribution in [0, 0.1) is 28.6 Å². The van der Waals surface area contributed by atoms with Gasteiger partial charge in [0, 0.05) is 13.0 Å². The average Bonchev–Trinajstić information content (AvgIpc) is 2.60. The maximum Gasteiger partial charge on any atom is 0.0627 e. The third kappa shape index (κ3) is 0.964. The Bertz CT molecular complexity index is 220. The van der Waals surface area contributed by atoms with Gasteiger partial charge in [0.15, 0.2) is 0 Å². The van der Waals surface area contributed by atoms with Gasteiger partial charge < -0.3 is 5.11 Å². The summed E-state index contributed by atoms with van der Waals surface area (Å²) in [6.07, 6.45) is 5.49. The Balaban J connectivity index is 2.15. The van der Waals surface area contributed by atoms with Crippen molar-refractivity contribution in [3.8, 4) is 6.07 Å². The number of rotatable bonds is 2. The minimum atomic E-state index is 0.216. The first-order valence-electron chi connectivity index (χ1n) is 4.78. The molecule has 0 spiro atoms. The van der Waals surface area contributed by atoms with Gasteiger partial charge in [0.1, 0.15) is 0 Å². The second-order valence-corrected chi connectivity index (χ2v) is 4.42. The number of aliphatic hydroxyl groups excluding tert-OH is 1. The number of hydrogen-bond acceptors (Lipinski definition) is 2. The molecule has 0 aromatic carbocycles. The highest BCUT2D eigenvalue weighted by molar-refractivity contribution is 5.04. The van der Waals surface area contributed by atoms with Crippen molar-refractivity contribution in [2.45, 2.75) is 32.1 Å². The minimum absolute atomic E-state index is 0.216. The summed E-state index contributed by atoms with van der Waals surface area (Å²) in [5, 5.41) is 17.9. The highest BCUT2D eigenvalue weighted by Crippen LogP contribution is 2.59. The van der Waals surface area contributed by atoms with Crippen molar-refractivity contribution >= 4 is 0 Å². The maximum absolute atomic E-state index is 9.17. The van der Waals surface area contributed by atoms with Crippen LogP contribution in [0.25, 0.3) is 0 Å². The summed E-state index contributed by atoms with van der Waals surface area (Å²) in [6.45, 7) is 0.290. The molecule has 0 aromatic rings. The number of nitrogens with zero attached hydrogens (tertiary/aromatic N) is 1. The van der Waals surface area contributed by atoms with Crippen LogP contribution in [0.15, 0.2) is 0 Å². The van der Waals surface area contributed by atoms with Gasteiger partial charge in [0.05, 0.1) is 6.07 Å². The summed E-state index contributed by atoms with van der Waals surface area (Å²) in [5.41, 5.74) is 0.216. The molecule has 2 aliphatic rings. The van der Waals surface area contributed by atoms with Crippen LogP contribution in [-0.4, -0.2) is 11.7 Å². The first-order chi connectivity index (χ1) is 5.80. The molecule has 3 atom stereocenters. The smallest absolute Gasteiger partial charge is 0.0627 e. The van der Waals surface area contributed by atoms with Gasteiger partial charge in [0.2, 0.25) is 0 Å². The van der Waals surface area contributed by atoms with Crippen molar-refractivity contribution in [3.05, 3.63) is 0 Å². The molecular weight excluding hydrogens is 150 g/mol. The van der Waals surface area contributed by atoms with Crippen LogP contribution in [-0.2, 0) is 0 Å². The van der Waals surface area contributed by atoms with Crippen molar-refractivity contribution in [1.82, 2.24) is 0 Å². The summed E-state index contributed by atoms with van der Waals surface area (Å²) in [4.78, 5) is 0. The molecule has 2 nitrogen and oxygen atoms in total. The molecule has 0 aliphatic heterocycles. The Labute approximate surface area is 73.2 Å². The Kier molecular flexibility index (Phi) is 1.84. The Morgan fingerprint density at radius 2 is 2.42 bits per heavy atom. The third-order valence-electron chi connectivity index (χ3n) is 3.88. The largest absolute Gasteiger partial charge is 0.396 e. The molecular formula is C10H15NO. The molecule has 1 N–H and O–H groups in total. The van der Waals surface area contributed by atoms with Gasteiger partial charge in [-0.05, 0) is 42.9 Å². The molecule has 12 heavy (non-hydrogen) atoms. The van der Waals surface area contributed by atoms with E-state index in [-0.39, 0.29) is 12.0 Å². The van der Waals surface area contributed by atoms with Crippen molar-refractivity contribution in [2.24, 2.45) is 17.3 Å². The number of aliphatic hydroxyl groups is 1. The summed E-state index contributed by atoms with van der Waals surface area (Å²) in [7, 11) is 0. The third-order valence-corrected chi connectivity index (χ3v) is 3.88. The highest BCUT2D eigenvalue weighted by Gasteiger charge is 2.51. The molecule has 66 valence electrons. The first kappa shape index (κ1) is 8.07. The second-order valence-electron chi connectivity index (χ2n) is 4.42. The lowest BCUT2D eigenvalue weighted by atomic mass is 9.73.